The highest BCUT2D eigenvalue weighted by Gasteiger charge is 2.17. The Kier molecular flexibility index (Phi) is 3.01. The normalized spacial score (nSPS) is 12.7. The van der Waals surface area contributed by atoms with E-state index in [1.165, 1.54) is 12.1 Å². The van der Waals surface area contributed by atoms with Crippen molar-refractivity contribution in [3.05, 3.63) is 65.7 Å². The molecule has 0 aliphatic carbocycles. The number of imidazole rings is 1. The zero-order chi connectivity index (χ0) is 13.2. The number of aromatic nitrogens is 2. The lowest BCUT2D eigenvalue weighted by atomic mass is 10.1. The molecule has 1 heterocycles. The van der Waals surface area contributed by atoms with Crippen LogP contribution in [0.4, 0.5) is 4.39 Å². The molecule has 1 N–H and O–H groups in total. The average molecular weight is 256 g/mol. The van der Waals surface area contributed by atoms with Crippen molar-refractivity contribution in [2.75, 3.05) is 7.11 Å². The van der Waals surface area contributed by atoms with Gasteiger partial charge in [0.2, 0.25) is 0 Å². The van der Waals surface area contributed by atoms with Gasteiger partial charge in [-0.05, 0) is 23.8 Å². The summed E-state index contributed by atoms with van der Waals surface area (Å²) in [6.07, 6.45) is -0.281. The number of nitrogens with zero attached hydrogens (tertiary/aromatic N) is 1. The van der Waals surface area contributed by atoms with Crippen LogP contribution in [0.15, 0.2) is 48.5 Å². The molecule has 0 aliphatic heterocycles. The van der Waals surface area contributed by atoms with Crippen LogP contribution in [0.5, 0.6) is 0 Å². The molecule has 0 amide bonds. The molecule has 0 fully saturated rings. The lowest BCUT2D eigenvalue weighted by Gasteiger charge is -2.12. The van der Waals surface area contributed by atoms with Gasteiger partial charge in [-0.2, -0.15) is 0 Å². The number of hydrogen-bond acceptors (Lipinski definition) is 2. The maximum Gasteiger partial charge on any atom is 0.141 e. The standard InChI is InChI=1S/C15H13FN2O/c1-19-14(10-5-3-2-4-6-10)15-17-12-8-7-11(16)9-13(12)18-15/h2-9,14H,1H3,(H,17,18). The number of benzene rings is 2. The lowest BCUT2D eigenvalue weighted by molar-refractivity contribution is 0.130. The van der Waals surface area contributed by atoms with E-state index in [0.717, 1.165) is 11.1 Å². The summed E-state index contributed by atoms with van der Waals surface area (Å²) in [5, 5.41) is 0. The van der Waals surface area contributed by atoms with Crippen LogP contribution in [-0.2, 0) is 4.74 Å². The molecule has 4 heteroatoms. The molecule has 2 aromatic carbocycles. The molecule has 0 saturated carbocycles. The van der Waals surface area contributed by atoms with E-state index in [0.29, 0.717) is 11.3 Å². The third kappa shape index (κ3) is 2.22. The molecular weight excluding hydrogens is 243 g/mol. The van der Waals surface area contributed by atoms with Crippen LogP contribution in [0.1, 0.15) is 17.5 Å². The van der Waals surface area contributed by atoms with Crippen LogP contribution in [0.2, 0.25) is 0 Å². The topological polar surface area (TPSA) is 37.9 Å². The summed E-state index contributed by atoms with van der Waals surface area (Å²) < 4.78 is 18.7. The van der Waals surface area contributed by atoms with Gasteiger partial charge < -0.3 is 9.72 Å². The largest absolute Gasteiger partial charge is 0.369 e. The predicted molar refractivity (Wildman–Crippen MR) is 71.3 cm³/mol. The van der Waals surface area contributed by atoms with Gasteiger partial charge in [-0.25, -0.2) is 9.37 Å². The first-order valence-electron chi connectivity index (χ1n) is 6.01. The number of fused-ring (bicyclic) bond motifs is 1. The van der Waals surface area contributed by atoms with Crippen LogP contribution in [0.3, 0.4) is 0 Å². The quantitative estimate of drug-likeness (QED) is 0.779. The fraction of sp³-hybridized carbons (Fsp3) is 0.133. The maximum atomic E-state index is 13.2. The Bertz CT molecular complexity index is 694. The number of aromatic amines is 1. The minimum absolute atomic E-state index is 0.281. The molecule has 0 radical (unpaired) electrons. The van der Waals surface area contributed by atoms with Crippen LogP contribution in [-0.4, -0.2) is 17.1 Å². The molecule has 1 atom stereocenters. The Hall–Kier alpha value is -2.20. The van der Waals surface area contributed by atoms with E-state index in [2.05, 4.69) is 9.97 Å². The van der Waals surface area contributed by atoms with E-state index in [1.807, 2.05) is 30.3 Å². The van der Waals surface area contributed by atoms with E-state index in [-0.39, 0.29) is 11.9 Å². The zero-order valence-electron chi connectivity index (χ0n) is 10.4. The van der Waals surface area contributed by atoms with Crippen molar-refractivity contribution in [2.45, 2.75) is 6.10 Å². The first-order chi connectivity index (χ1) is 9.28. The summed E-state index contributed by atoms with van der Waals surface area (Å²) in [5.74, 6) is 0.394. The van der Waals surface area contributed by atoms with Crippen LogP contribution >= 0.6 is 0 Å². The van der Waals surface area contributed by atoms with E-state index >= 15 is 0 Å². The maximum absolute atomic E-state index is 13.2. The first kappa shape index (κ1) is 11.9. The number of ether oxygens (including phenoxy) is 1. The van der Waals surface area contributed by atoms with Gasteiger partial charge in [-0.15, -0.1) is 0 Å². The highest BCUT2D eigenvalue weighted by molar-refractivity contribution is 5.75. The molecular formula is C15H13FN2O. The second kappa shape index (κ2) is 4.82. The summed E-state index contributed by atoms with van der Waals surface area (Å²) in [4.78, 5) is 7.56. The molecule has 1 unspecified atom stereocenters. The number of methoxy groups -OCH3 is 1. The van der Waals surface area contributed by atoms with Crippen molar-refractivity contribution in [1.82, 2.24) is 9.97 Å². The predicted octanol–water partition coefficient (Wildman–Crippen LogP) is 3.44. The summed E-state index contributed by atoms with van der Waals surface area (Å²) in [6, 6.07) is 14.3. The van der Waals surface area contributed by atoms with Crippen molar-refractivity contribution in [3.63, 3.8) is 0 Å². The molecule has 0 saturated heterocycles. The van der Waals surface area contributed by atoms with Crippen molar-refractivity contribution in [2.24, 2.45) is 0 Å². The van der Waals surface area contributed by atoms with Gasteiger partial charge in [0.15, 0.2) is 0 Å². The first-order valence-corrected chi connectivity index (χ1v) is 6.01. The second-order valence-electron chi connectivity index (χ2n) is 4.31. The smallest absolute Gasteiger partial charge is 0.141 e. The van der Waals surface area contributed by atoms with Gasteiger partial charge in [0.05, 0.1) is 11.0 Å². The SMILES string of the molecule is COC(c1ccccc1)c1nc2ccc(F)cc2[nH]1. The molecule has 3 nitrogen and oxygen atoms in total. The minimum Gasteiger partial charge on any atom is -0.369 e. The third-order valence-corrected chi connectivity index (χ3v) is 3.05. The number of halogens is 1. The van der Waals surface area contributed by atoms with Gasteiger partial charge >= 0.3 is 0 Å². The average Bonchev–Trinajstić information content (AvgIpc) is 2.83. The summed E-state index contributed by atoms with van der Waals surface area (Å²) >= 11 is 0. The van der Waals surface area contributed by atoms with E-state index in [9.17, 15) is 4.39 Å². The van der Waals surface area contributed by atoms with E-state index in [1.54, 1.807) is 13.2 Å². The molecule has 3 rings (SSSR count). The molecule has 1 aromatic heterocycles. The third-order valence-electron chi connectivity index (χ3n) is 3.05. The Morgan fingerprint density at radius 2 is 1.95 bits per heavy atom. The second-order valence-corrected chi connectivity index (χ2v) is 4.31. The van der Waals surface area contributed by atoms with E-state index < -0.39 is 0 Å². The zero-order valence-corrected chi connectivity index (χ0v) is 10.4. The van der Waals surface area contributed by atoms with Crippen molar-refractivity contribution >= 4 is 11.0 Å². The highest BCUT2D eigenvalue weighted by Crippen LogP contribution is 2.25. The fourth-order valence-corrected chi connectivity index (χ4v) is 2.16. The van der Waals surface area contributed by atoms with Gasteiger partial charge in [0.25, 0.3) is 0 Å². The Morgan fingerprint density at radius 3 is 2.68 bits per heavy atom. The molecule has 0 aliphatic rings. The fourth-order valence-electron chi connectivity index (χ4n) is 2.16. The molecule has 19 heavy (non-hydrogen) atoms. The van der Waals surface area contributed by atoms with Gasteiger partial charge in [0, 0.05) is 7.11 Å². The Balaban J connectivity index is 2.07. The van der Waals surface area contributed by atoms with Crippen molar-refractivity contribution in [1.29, 1.82) is 0 Å². The molecule has 96 valence electrons. The van der Waals surface area contributed by atoms with Gasteiger partial charge in [0.1, 0.15) is 17.7 Å². The van der Waals surface area contributed by atoms with Crippen LogP contribution in [0, 0.1) is 5.82 Å². The molecule has 0 bridgehead atoms. The summed E-state index contributed by atoms with van der Waals surface area (Å²) in [5.41, 5.74) is 2.41. The number of H-pyrrole nitrogens is 1. The van der Waals surface area contributed by atoms with Crippen molar-refractivity contribution in [3.8, 4) is 0 Å². The molecule has 3 aromatic rings. The summed E-state index contributed by atoms with van der Waals surface area (Å²) in [6.45, 7) is 0. The Morgan fingerprint density at radius 1 is 1.16 bits per heavy atom. The van der Waals surface area contributed by atoms with Gasteiger partial charge in [-0.1, -0.05) is 30.3 Å². The monoisotopic (exact) mass is 256 g/mol. The van der Waals surface area contributed by atoms with Crippen LogP contribution in [0.25, 0.3) is 11.0 Å². The number of rotatable bonds is 3. The van der Waals surface area contributed by atoms with Gasteiger partial charge in [-0.3, -0.25) is 0 Å². The highest BCUT2D eigenvalue weighted by atomic mass is 19.1. The molecule has 0 spiro atoms. The van der Waals surface area contributed by atoms with Crippen LogP contribution < -0.4 is 0 Å². The summed E-state index contributed by atoms with van der Waals surface area (Å²) in [7, 11) is 1.63. The van der Waals surface area contributed by atoms with E-state index in [4.69, 9.17) is 4.74 Å². The van der Waals surface area contributed by atoms with Crippen molar-refractivity contribution < 1.29 is 9.13 Å². The lowest BCUT2D eigenvalue weighted by Crippen LogP contribution is -2.05. The number of hydrogen-bond donors (Lipinski definition) is 1. The minimum atomic E-state index is -0.281. The Labute approximate surface area is 110 Å². The number of nitrogens with one attached hydrogen (secondary N) is 1.